The molecule has 0 saturated carbocycles. The van der Waals surface area contributed by atoms with E-state index in [-0.39, 0.29) is 36.0 Å². The van der Waals surface area contributed by atoms with E-state index in [0.717, 1.165) is 22.5 Å². The quantitative estimate of drug-likeness (QED) is 0.0678. The van der Waals surface area contributed by atoms with Crippen LogP contribution in [0.15, 0.2) is 66.0 Å². The van der Waals surface area contributed by atoms with E-state index in [2.05, 4.69) is 31.6 Å². The number of ether oxygens (including phenoxy) is 2. The third-order valence-electron chi connectivity index (χ3n) is 10.0. The van der Waals surface area contributed by atoms with Crippen molar-refractivity contribution in [2.45, 2.75) is 115 Å². The van der Waals surface area contributed by atoms with E-state index in [4.69, 9.17) is 21.7 Å². The third kappa shape index (κ3) is 14.8. The van der Waals surface area contributed by atoms with Crippen molar-refractivity contribution in [3.63, 3.8) is 0 Å². The van der Waals surface area contributed by atoms with Crippen molar-refractivity contribution in [3.05, 3.63) is 87.9 Å². The number of benzene rings is 2. The monoisotopic (exact) mass is 909 g/mol. The summed E-state index contributed by atoms with van der Waals surface area (Å²) in [6.45, 7) is 9.49. The second-order valence-electron chi connectivity index (χ2n) is 16.6. The minimum Gasteiger partial charge on any atom is -0.464 e. The average molecular weight is 910 g/mol. The normalized spacial score (nSPS) is 16.7. The number of alkyl carbamates (subject to hydrolysis) is 1. The highest BCUT2D eigenvalue weighted by Gasteiger charge is 2.40. The van der Waals surface area contributed by atoms with E-state index in [0.29, 0.717) is 17.8 Å². The van der Waals surface area contributed by atoms with Gasteiger partial charge in [0.15, 0.2) is 5.69 Å². The molecule has 0 radical (unpaired) electrons. The van der Waals surface area contributed by atoms with Crippen molar-refractivity contribution in [2.24, 2.45) is 5.92 Å². The Kier molecular flexibility index (Phi) is 18.5. The predicted molar refractivity (Wildman–Crippen MR) is 240 cm³/mol. The lowest BCUT2D eigenvalue weighted by Gasteiger charge is -2.32. The zero-order chi connectivity index (χ0) is 46.4. The number of aliphatic hydroxyl groups is 2. The number of carbonyl (C=O) groups excluding carboxylic acids is 6. The van der Waals surface area contributed by atoms with Gasteiger partial charge in [-0.2, -0.15) is 0 Å². The molecule has 342 valence electrons. The number of carbonyl (C=O) groups is 6. The Balaban J connectivity index is 1.45. The zero-order valence-electron chi connectivity index (χ0n) is 36.6. The first-order valence-corrected chi connectivity index (χ1v) is 22.0. The number of thiazole rings is 1. The Morgan fingerprint density at radius 1 is 0.857 bits per heavy atom. The van der Waals surface area contributed by atoms with E-state index in [9.17, 15) is 39.0 Å². The molecule has 2 aromatic carbocycles. The molecule has 0 spiro atoms. The van der Waals surface area contributed by atoms with Crippen LogP contribution in [0.2, 0.25) is 0 Å². The summed E-state index contributed by atoms with van der Waals surface area (Å²) in [5, 5.41) is 36.9. The van der Waals surface area contributed by atoms with Crippen LogP contribution in [0, 0.1) is 5.92 Å². The van der Waals surface area contributed by atoms with Gasteiger partial charge < -0.3 is 51.2 Å². The van der Waals surface area contributed by atoms with Gasteiger partial charge in [0.05, 0.1) is 36.9 Å². The Bertz CT molecular complexity index is 2040. The van der Waals surface area contributed by atoms with Crippen LogP contribution in [0.5, 0.6) is 0 Å². The van der Waals surface area contributed by atoms with E-state index >= 15 is 0 Å². The summed E-state index contributed by atoms with van der Waals surface area (Å²) in [7, 11) is 1.24. The van der Waals surface area contributed by atoms with Crippen molar-refractivity contribution in [1.82, 2.24) is 36.5 Å². The topological polar surface area (TPSA) is 238 Å². The van der Waals surface area contributed by atoms with Gasteiger partial charge in [-0.15, -0.1) is 11.3 Å². The molecule has 3 aromatic rings. The highest BCUT2D eigenvalue weighted by atomic mass is 32.1. The van der Waals surface area contributed by atoms with Crippen LogP contribution in [0.3, 0.4) is 0 Å². The smallest absolute Gasteiger partial charge is 0.408 e. The molecule has 19 heteroatoms. The van der Waals surface area contributed by atoms with Crippen molar-refractivity contribution in [2.75, 3.05) is 20.3 Å². The lowest BCUT2D eigenvalue weighted by Crippen LogP contribution is -2.62. The van der Waals surface area contributed by atoms with Gasteiger partial charge in [-0.05, 0) is 64.0 Å². The molecule has 0 aliphatic carbocycles. The number of aliphatic hydroxyl groups excluding tert-OH is 2. The Hall–Kier alpha value is -5.50. The summed E-state index contributed by atoms with van der Waals surface area (Å²) in [6, 6.07) is 11.9. The molecule has 1 aliphatic heterocycles. The highest BCUT2D eigenvalue weighted by molar-refractivity contribution is 7.80. The third-order valence-corrected chi connectivity index (χ3v) is 11.4. The molecule has 1 saturated heterocycles. The standard InChI is InChI=1S/C44H59N7O10S2/c1-25(2)34(39(62)46-31(23-52)36(54)45-29(21-27-15-10-8-11-16-27)40-47-32(24-63-40)42(58)60-7)49-38(56)35(26(3)53)50-37(55)33-19-14-20-51(33)41(57)30(22-28-17-12-9-13-18-28)48-43(59)61-44(4,5)6/h8-13,15-18,24-26,29-31,33-35,52-53H,14,19-23H2,1-7H3,(H,45,54)(H,46,62)(H,48,59)(H,49,56)(H,50,55)/t26-,29+,30-,31-,33-,34-,35-/m0/s1. The van der Waals surface area contributed by atoms with Crippen LogP contribution in [0.4, 0.5) is 4.79 Å². The van der Waals surface area contributed by atoms with Crippen LogP contribution in [-0.4, -0.2) is 123 Å². The molecule has 7 atom stereocenters. The highest BCUT2D eigenvalue weighted by Crippen LogP contribution is 2.24. The molecule has 1 aliphatic rings. The van der Waals surface area contributed by atoms with Gasteiger partial charge in [-0.1, -0.05) is 86.7 Å². The molecule has 63 heavy (non-hydrogen) atoms. The van der Waals surface area contributed by atoms with E-state index in [1.165, 1.54) is 24.3 Å². The summed E-state index contributed by atoms with van der Waals surface area (Å²) >= 11 is 6.84. The Morgan fingerprint density at radius 3 is 2.03 bits per heavy atom. The molecule has 0 bridgehead atoms. The summed E-state index contributed by atoms with van der Waals surface area (Å²) < 4.78 is 10.2. The van der Waals surface area contributed by atoms with Crippen molar-refractivity contribution < 1.29 is 48.5 Å². The fourth-order valence-electron chi connectivity index (χ4n) is 6.86. The maximum absolute atomic E-state index is 14.1. The summed E-state index contributed by atoms with van der Waals surface area (Å²) in [4.78, 5) is 86.3. The molecule has 7 N–H and O–H groups in total. The number of hydrogen-bond acceptors (Lipinski definition) is 13. The molecular weight excluding hydrogens is 851 g/mol. The van der Waals surface area contributed by atoms with Gasteiger partial charge in [0.1, 0.15) is 34.8 Å². The Morgan fingerprint density at radius 2 is 1.48 bits per heavy atom. The summed E-state index contributed by atoms with van der Waals surface area (Å²) in [6.07, 6.45) is -1.00. The van der Waals surface area contributed by atoms with Gasteiger partial charge in [-0.3, -0.25) is 19.2 Å². The van der Waals surface area contributed by atoms with Gasteiger partial charge >= 0.3 is 12.1 Å². The summed E-state index contributed by atoms with van der Waals surface area (Å²) in [5.41, 5.74) is 0.904. The van der Waals surface area contributed by atoms with Crippen LogP contribution in [-0.2, 0) is 41.5 Å². The number of esters is 1. The van der Waals surface area contributed by atoms with Crippen molar-refractivity contribution >= 4 is 64.2 Å². The van der Waals surface area contributed by atoms with Crippen LogP contribution in [0.1, 0.15) is 87.0 Å². The number of aromatic nitrogens is 1. The molecule has 1 aromatic heterocycles. The number of methoxy groups -OCH3 is 1. The molecule has 17 nitrogen and oxygen atoms in total. The lowest BCUT2D eigenvalue weighted by atomic mass is 10.0. The SMILES string of the molecule is COC(=O)c1csc([C@@H](Cc2ccccc2)NC(=O)[C@H](CO)NC(=S)[C@@H](NC(=O)[C@@H](NC(=O)[C@@H]2CCCN2C(=O)[C@H](Cc2ccccc2)NC(=O)OC(C)(C)C)[C@H](C)O)C(C)C)n1. The largest absolute Gasteiger partial charge is 0.464 e. The molecule has 0 unspecified atom stereocenters. The van der Waals surface area contributed by atoms with E-state index in [1.54, 1.807) is 34.6 Å². The minimum absolute atomic E-state index is 0.000403. The average Bonchev–Trinajstić information content (AvgIpc) is 3.94. The minimum atomic E-state index is -1.48. The van der Waals surface area contributed by atoms with Gasteiger partial charge in [0.2, 0.25) is 23.6 Å². The molecule has 1 fully saturated rings. The number of likely N-dealkylation sites (tertiary alicyclic amines) is 1. The fraction of sp³-hybridized carbons (Fsp3) is 0.500. The van der Waals surface area contributed by atoms with Gasteiger partial charge in [0, 0.05) is 18.3 Å². The number of thiocarbonyl (C=S) groups is 1. The second-order valence-corrected chi connectivity index (χ2v) is 17.9. The van der Waals surface area contributed by atoms with Crippen molar-refractivity contribution in [3.8, 4) is 0 Å². The lowest BCUT2D eigenvalue weighted by molar-refractivity contribution is -0.141. The fourth-order valence-corrected chi connectivity index (χ4v) is 8.17. The maximum atomic E-state index is 14.1. The number of amides is 5. The van der Waals surface area contributed by atoms with Crippen LogP contribution >= 0.6 is 23.6 Å². The maximum Gasteiger partial charge on any atom is 0.408 e. The molecule has 4 rings (SSSR count). The predicted octanol–water partition coefficient (Wildman–Crippen LogP) is 2.74. The summed E-state index contributed by atoms with van der Waals surface area (Å²) in [5.74, 6) is -3.62. The van der Waals surface area contributed by atoms with Gasteiger partial charge in [-0.25, -0.2) is 14.6 Å². The van der Waals surface area contributed by atoms with Crippen molar-refractivity contribution in [1.29, 1.82) is 0 Å². The van der Waals surface area contributed by atoms with E-state index in [1.807, 2.05) is 60.7 Å². The second kappa shape index (κ2) is 23.3. The first-order valence-electron chi connectivity index (χ1n) is 20.7. The molecule has 5 amide bonds. The first-order chi connectivity index (χ1) is 29.8. The van der Waals surface area contributed by atoms with Gasteiger partial charge in [0.25, 0.3) is 0 Å². The molecular formula is C44H59N7O10S2. The number of rotatable bonds is 19. The Labute approximate surface area is 377 Å². The van der Waals surface area contributed by atoms with Crippen LogP contribution < -0.4 is 26.6 Å². The first kappa shape index (κ1) is 50.1. The zero-order valence-corrected chi connectivity index (χ0v) is 38.2. The number of nitrogens with zero attached hydrogens (tertiary/aromatic N) is 2. The number of hydrogen-bond donors (Lipinski definition) is 7. The van der Waals surface area contributed by atoms with Crippen LogP contribution in [0.25, 0.3) is 0 Å². The molecule has 2 heterocycles. The van der Waals surface area contributed by atoms with E-state index < -0.39 is 90.3 Å². The number of nitrogens with one attached hydrogen (secondary N) is 5.